The molecule has 4 nitrogen and oxygen atoms in total. The summed E-state index contributed by atoms with van der Waals surface area (Å²) in [5.74, 6) is 0.951. The summed E-state index contributed by atoms with van der Waals surface area (Å²) >= 11 is 0. The third-order valence-electron chi connectivity index (χ3n) is 4.03. The maximum Gasteiger partial charge on any atom is 0.221 e. The number of aromatic nitrogens is 1. The Bertz CT molecular complexity index is 413. The third kappa shape index (κ3) is 4.30. The second-order valence-corrected chi connectivity index (χ2v) is 5.94. The highest BCUT2D eigenvalue weighted by molar-refractivity contribution is 5.76. The molecule has 1 aromatic heterocycles. The Labute approximate surface area is 121 Å². The van der Waals surface area contributed by atoms with Gasteiger partial charge in [0.2, 0.25) is 5.91 Å². The van der Waals surface area contributed by atoms with E-state index in [0.717, 1.165) is 13.0 Å². The lowest BCUT2D eigenvalue weighted by Gasteiger charge is -2.22. The molecular weight excluding hydrogens is 250 g/mol. The van der Waals surface area contributed by atoms with Gasteiger partial charge in [0, 0.05) is 37.3 Å². The van der Waals surface area contributed by atoms with Crippen LogP contribution in [0, 0.1) is 5.92 Å². The van der Waals surface area contributed by atoms with Crippen molar-refractivity contribution < 1.29 is 4.79 Å². The molecular formula is C16H25N3O. The van der Waals surface area contributed by atoms with Crippen LogP contribution in [0.25, 0.3) is 0 Å². The number of amides is 1. The number of carbonyl (C=O) groups excluding carboxylic acids is 1. The first-order chi connectivity index (χ1) is 9.66. The summed E-state index contributed by atoms with van der Waals surface area (Å²) < 4.78 is 0. The molecule has 1 amide bonds. The molecule has 110 valence electrons. The minimum Gasteiger partial charge on any atom is -0.355 e. The van der Waals surface area contributed by atoms with Gasteiger partial charge >= 0.3 is 0 Å². The minimum absolute atomic E-state index is 0.152. The second kappa shape index (κ2) is 7.39. The SMILES string of the molecule is CC(C)C(CNC(=O)CC1CCCN1)c1cccnc1. The van der Waals surface area contributed by atoms with Gasteiger partial charge in [0.05, 0.1) is 0 Å². The largest absolute Gasteiger partial charge is 0.355 e. The summed E-state index contributed by atoms with van der Waals surface area (Å²) in [6, 6.07) is 4.41. The summed E-state index contributed by atoms with van der Waals surface area (Å²) in [7, 11) is 0. The molecule has 0 bridgehead atoms. The molecule has 0 saturated carbocycles. The lowest BCUT2D eigenvalue weighted by atomic mass is 9.89. The monoisotopic (exact) mass is 275 g/mol. The van der Waals surface area contributed by atoms with Crippen molar-refractivity contribution >= 4 is 5.91 Å². The van der Waals surface area contributed by atoms with Gasteiger partial charge in [-0.3, -0.25) is 9.78 Å². The average molecular weight is 275 g/mol. The van der Waals surface area contributed by atoms with Gasteiger partial charge in [0.15, 0.2) is 0 Å². The summed E-state index contributed by atoms with van der Waals surface area (Å²) in [4.78, 5) is 16.2. The van der Waals surface area contributed by atoms with Crippen LogP contribution in [-0.2, 0) is 4.79 Å². The van der Waals surface area contributed by atoms with E-state index in [0.29, 0.717) is 30.8 Å². The zero-order chi connectivity index (χ0) is 14.4. The van der Waals surface area contributed by atoms with E-state index >= 15 is 0 Å². The topological polar surface area (TPSA) is 54.0 Å². The predicted molar refractivity (Wildman–Crippen MR) is 80.5 cm³/mol. The van der Waals surface area contributed by atoms with Gasteiger partial charge < -0.3 is 10.6 Å². The fourth-order valence-corrected chi connectivity index (χ4v) is 2.78. The van der Waals surface area contributed by atoms with E-state index in [4.69, 9.17) is 0 Å². The molecule has 1 aliphatic heterocycles. The lowest BCUT2D eigenvalue weighted by molar-refractivity contribution is -0.121. The van der Waals surface area contributed by atoms with E-state index in [2.05, 4.69) is 35.5 Å². The number of pyridine rings is 1. The number of hydrogen-bond acceptors (Lipinski definition) is 3. The Morgan fingerprint density at radius 1 is 1.55 bits per heavy atom. The molecule has 1 saturated heterocycles. The number of hydrogen-bond donors (Lipinski definition) is 2. The van der Waals surface area contributed by atoms with Gasteiger partial charge in [0.25, 0.3) is 0 Å². The van der Waals surface area contributed by atoms with Crippen molar-refractivity contribution in [2.24, 2.45) is 5.92 Å². The zero-order valence-corrected chi connectivity index (χ0v) is 12.4. The molecule has 2 rings (SSSR count). The Balaban J connectivity index is 1.84. The number of rotatable bonds is 6. The predicted octanol–water partition coefficient (Wildman–Crippen LogP) is 2.08. The van der Waals surface area contributed by atoms with Crippen LogP contribution < -0.4 is 10.6 Å². The van der Waals surface area contributed by atoms with Crippen LogP contribution >= 0.6 is 0 Å². The van der Waals surface area contributed by atoms with Crippen molar-refractivity contribution in [3.63, 3.8) is 0 Å². The minimum atomic E-state index is 0.152. The smallest absolute Gasteiger partial charge is 0.221 e. The van der Waals surface area contributed by atoms with Crippen LogP contribution in [0.2, 0.25) is 0 Å². The molecule has 1 aliphatic rings. The van der Waals surface area contributed by atoms with Gasteiger partial charge in [-0.25, -0.2) is 0 Å². The van der Waals surface area contributed by atoms with Gasteiger partial charge in [0.1, 0.15) is 0 Å². The molecule has 1 aromatic rings. The third-order valence-corrected chi connectivity index (χ3v) is 4.03. The van der Waals surface area contributed by atoms with Crippen molar-refractivity contribution in [3.8, 4) is 0 Å². The molecule has 2 N–H and O–H groups in total. The van der Waals surface area contributed by atoms with Crippen LogP contribution in [-0.4, -0.2) is 30.0 Å². The van der Waals surface area contributed by atoms with Crippen molar-refractivity contribution in [1.82, 2.24) is 15.6 Å². The van der Waals surface area contributed by atoms with Gasteiger partial charge in [-0.05, 0) is 36.9 Å². The first kappa shape index (κ1) is 15.0. The highest BCUT2D eigenvalue weighted by atomic mass is 16.1. The van der Waals surface area contributed by atoms with E-state index in [9.17, 15) is 4.79 Å². The summed E-state index contributed by atoms with van der Waals surface area (Å²) in [5, 5.41) is 6.44. The average Bonchev–Trinajstić information content (AvgIpc) is 2.92. The van der Waals surface area contributed by atoms with E-state index < -0.39 is 0 Å². The van der Waals surface area contributed by atoms with Crippen LogP contribution in [0.15, 0.2) is 24.5 Å². The van der Waals surface area contributed by atoms with Gasteiger partial charge in [-0.1, -0.05) is 19.9 Å². The highest BCUT2D eigenvalue weighted by Crippen LogP contribution is 2.22. The lowest BCUT2D eigenvalue weighted by Crippen LogP contribution is -2.35. The number of nitrogens with zero attached hydrogens (tertiary/aromatic N) is 1. The van der Waals surface area contributed by atoms with Gasteiger partial charge in [-0.2, -0.15) is 0 Å². The van der Waals surface area contributed by atoms with Crippen molar-refractivity contribution in [3.05, 3.63) is 30.1 Å². The fourth-order valence-electron chi connectivity index (χ4n) is 2.78. The Hall–Kier alpha value is -1.42. The van der Waals surface area contributed by atoms with Crippen LogP contribution in [0.4, 0.5) is 0 Å². The van der Waals surface area contributed by atoms with Gasteiger partial charge in [-0.15, -0.1) is 0 Å². The van der Waals surface area contributed by atoms with E-state index in [1.54, 1.807) is 6.20 Å². The molecule has 0 spiro atoms. The normalized spacial score (nSPS) is 20.1. The molecule has 20 heavy (non-hydrogen) atoms. The number of carbonyl (C=O) groups is 1. The summed E-state index contributed by atoms with van der Waals surface area (Å²) in [6.45, 7) is 6.10. The van der Waals surface area contributed by atoms with Crippen LogP contribution in [0.1, 0.15) is 44.6 Å². The van der Waals surface area contributed by atoms with E-state index in [1.165, 1.54) is 12.0 Å². The number of nitrogens with one attached hydrogen (secondary N) is 2. The summed E-state index contributed by atoms with van der Waals surface area (Å²) in [6.07, 6.45) is 6.57. The molecule has 0 aromatic carbocycles. The Kier molecular flexibility index (Phi) is 5.53. The van der Waals surface area contributed by atoms with E-state index in [-0.39, 0.29) is 5.91 Å². The summed E-state index contributed by atoms with van der Waals surface area (Å²) in [5.41, 5.74) is 1.20. The molecule has 2 heterocycles. The Morgan fingerprint density at radius 3 is 3.00 bits per heavy atom. The second-order valence-electron chi connectivity index (χ2n) is 5.94. The molecule has 0 radical (unpaired) electrons. The Morgan fingerprint density at radius 2 is 2.40 bits per heavy atom. The standard InChI is InChI=1S/C16H25N3O/c1-12(2)15(13-5-3-7-17-10-13)11-19-16(20)9-14-6-4-8-18-14/h3,5,7,10,12,14-15,18H,4,6,8-9,11H2,1-2H3,(H,19,20). The maximum atomic E-state index is 12.0. The quantitative estimate of drug-likeness (QED) is 0.836. The highest BCUT2D eigenvalue weighted by Gasteiger charge is 2.20. The molecule has 4 heteroatoms. The van der Waals surface area contributed by atoms with E-state index in [1.807, 2.05) is 12.3 Å². The fraction of sp³-hybridized carbons (Fsp3) is 0.625. The van der Waals surface area contributed by atoms with Crippen molar-refractivity contribution in [2.45, 2.75) is 45.1 Å². The zero-order valence-electron chi connectivity index (χ0n) is 12.4. The van der Waals surface area contributed by atoms with Crippen molar-refractivity contribution in [1.29, 1.82) is 0 Å². The molecule has 1 fully saturated rings. The van der Waals surface area contributed by atoms with Crippen LogP contribution in [0.5, 0.6) is 0 Å². The first-order valence-electron chi connectivity index (χ1n) is 7.57. The maximum absolute atomic E-state index is 12.0. The molecule has 0 aliphatic carbocycles. The molecule has 2 unspecified atom stereocenters. The van der Waals surface area contributed by atoms with Crippen molar-refractivity contribution in [2.75, 3.05) is 13.1 Å². The molecule has 2 atom stereocenters. The first-order valence-corrected chi connectivity index (χ1v) is 7.57. The van der Waals surface area contributed by atoms with Crippen LogP contribution in [0.3, 0.4) is 0 Å².